The molecule has 1 heterocycles. The van der Waals surface area contributed by atoms with E-state index in [1.54, 1.807) is 0 Å². The number of allylic oxidation sites excluding steroid dienone is 2. The lowest BCUT2D eigenvalue weighted by molar-refractivity contribution is 0.994. The zero-order chi connectivity index (χ0) is 41.4. The number of rotatable bonds is 5. The molecule has 0 saturated heterocycles. The molecule has 63 heavy (non-hydrogen) atoms. The average molecular weight is 819 g/mol. The van der Waals surface area contributed by atoms with Gasteiger partial charge >= 0.3 is 0 Å². The third-order valence-corrected chi connectivity index (χ3v) is 15.2. The van der Waals surface area contributed by atoms with Gasteiger partial charge in [-0.15, -0.1) is 11.8 Å². The quantitative estimate of drug-likeness (QED) is 0.156. The normalized spacial score (nSPS) is 15.1. The van der Waals surface area contributed by atoms with E-state index in [0.717, 1.165) is 19.3 Å². The van der Waals surface area contributed by atoms with E-state index in [2.05, 4.69) is 212 Å². The van der Waals surface area contributed by atoms with Gasteiger partial charge in [0.2, 0.25) is 0 Å². The Labute approximate surface area is 371 Å². The Balaban J connectivity index is 0.976. The molecule has 1 aliphatic heterocycles. The number of benzene rings is 11. The number of thioether (sulfide) groups is 1. The largest absolute Gasteiger partial charge is 0.117 e. The van der Waals surface area contributed by atoms with E-state index < -0.39 is 0 Å². The predicted molar refractivity (Wildman–Crippen MR) is 274 cm³/mol. The van der Waals surface area contributed by atoms with Gasteiger partial charge in [-0.2, -0.15) is 0 Å². The van der Waals surface area contributed by atoms with Crippen molar-refractivity contribution in [2.75, 3.05) is 0 Å². The van der Waals surface area contributed by atoms with Crippen molar-refractivity contribution in [3.05, 3.63) is 234 Å². The highest BCUT2D eigenvalue weighted by molar-refractivity contribution is 8.08. The van der Waals surface area contributed by atoms with Crippen molar-refractivity contribution in [2.45, 2.75) is 24.5 Å². The van der Waals surface area contributed by atoms with Gasteiger partial charge in [0.1, 0.15) is 0 Å². The van der Waals surface area contributed by atoms with Crippen molar-refractivity contribution in [3.8, 4) is 22.3 Å². The highest BCUT2D eigenvalue weighted by Gasteiger charge is 2.27. The Morgan fingerprint density at radius 3 is 1.48 bits per heavy atom. The summed E-state index contributed by atoms with van der Waals surface area (Å²) in [6.07, 6.45) is 8.07. The maximum atomic E-state index is 2.54. The van der Waals surface area contributed by atoms with E-state index in [-0.39, 0.29) is 0 Å². The van der Waals surface area contributed by atoms with Crippen LogP contribution in [0.15, 0.2) is 206 Å². The lowest BCUT2D eigenvalue weighted by Gasteiger charge is -2.23. The smallest absolute Gasteiger partial charge is 0.0379 e. The van der Waals surface area contributed by atoms with Crippen LogP contribution in [0.5, 0.6) is 0 Å². The molecule has 1 unspecified atom stereocenters. The van der Waals surface area contributed by atoms with Gasteiger partial charge in [-0.25, -0.2) is 0 Å². The van der Waals surface area contributed by atoms with E-state index in [4.69, 9.17) is 0 Å². The molecule has 296 valence electrons. The minimum absolute atomic E-state index is 0.291. The van der Waals surface area contributed by atoms with Gasteiger partial charge in [0.15, 0.2) is 0 Å². The van der Waals surface area contributed by atoms with Gasteiger partial charge in [0.05, 0.1) is 0 Å². The number of aryl methyl sites for hydroxylation is 1. The number of hydrogen-bond acceptors (Lipinski definition) is 1. The Kier molecular flexibility index (Phi) is 8.52. The molecule has 13 rings (SSSR count). The first-order chi connectivity index (χ1) is 31.2. The molecule has 2 aliphatic rings. The number of fused-ring (bicyclic) bond motifs is 7. The van der Waals surface area contributed by atoms with Crippen LogP contribution in [0.3, 0.4) is 0 Å². The predicted octanol–water partition coefficient (Wildman–Crippen LogP) is 17.6. The maximum Gasteiger partial charge on any atom is 0.0379 e. The molecule has 0 aromatic heterocycles. The maximum absolute atomic E-state index is 2.54. The summed E-state index contributed by atoms with van der Waals surface area (Å²) in [7, 11) is 0. The molecule has 11 aromatic rings. The van der Waals surface area contributed by atoms with Crippen LogP contribution in [0.2, 0.25) is 0 Å². The fourth-order valence-corrected chi connectivity index (χ4v) is 12.2. The zero-order valence-corrected chi connectivity index (χ0v) is 35.6. The second-order valence-electron chi connectivity index (χ2n) is 17.3. The lowest BCUT2D eigenvalue weighted by atomic mass is 9.83. The minimum Gasteiger partial charge on any atom is -0.117 e. The molecule has 1 aliphatic carbocycles. The summed E-state index contributed by atoms with van der Waals surface area (Å²) in [5.41, 5.74) is 13.5. The van der Waals surface area contributed by atoms with E-state index in [9.17, 15) is 0 Å². The molecular formula is C62H42S. The van der Waals surface area contributed by atoms with Crippen LogP contribution < -0.4 is 0 Å². The van der Waals surface area contributed by atoms with Crippen LogP contribution in [0.4, 0.5) is 0 Å². The van der Waals surface area contributed by atoms with Crippen LogP contribution in [0.25, 0.3) is 103 Å². The van der Waals surface area contributed by atoms with E-state index in [1.807, 2.05) is 11.8 Å². The molecule has 0 fully saturated rings. The van der Waals surface area contributed by atoms with Crippen LogP contribution in [0, 0.1) is 0 Å². The molecule has 0 N–H and O–H groups in total. The van der Waals surface area contributed by atoms with Crippen LogP contribution >= 0.6 is 11.8 Å². The molecular weight excluding hydrogens is 777 g/mol. The molecule has 0 radical (unpaired) electrons. The van der Waals surface area contributed by atoms with Crippen LogP contribution in [-0.2, 0) is 6.42 Å². The van der Waals surface area contributed by atoms with Crippen molar-refractivity contribution in [1.82, 2.24) is 0 Å². The summed E-state index contributed by atoms with van der Waals surface area (Å²) < 4.78 is 0. The lowest BCUT2D eigenvalue weighted by Crippen LogP contribution is -2.01. The van der Waals surface area contributed by atoms with Gasteiger partial charge < -0.3 is 0 Å². The van der Waals surface area contributed by atoms with Gasteiger partial charge in [-0.3, -0.25) is 0 Å². The Hall–Kier alpha value is -7.19. The summed E-state index contributed by atoms with van der Waals surface area (Å²) in [6.45, 7) is 0. The molecule has 0 bridgehead atoms. The van der Waals surface area contributed by atoms with E-state index >= 15 is 0 Å². The molecule has 0 amide bonds. The standard InChI is InChI=1S/C62H42S/c1-4-16-42-35-46(28-25-39(42)13-1)59-51-21-9-11-23-53(51)62(54-24-12-10-22-52(54)59)58-34-33-57(63-58)45-31-32-55-56(38-45)61(48-30-27-41-15-3-6-18-44(41)37-48)50-20-8-7-19-49(50)60(55)47-29-26-40-14-2-5-17-43(40)36-47/h1-24,26-27,29-32,34-38,57H,25,28,33H2. The average Bonchev–Trinajstić information content (AvgIpc) is 3.84. The summed E-state index contributed by atoms with van der Waals surface area (Å²) in [5, 5.41) is 15.9. The second-order valence-corrected chi connectivity index (χ2v) is 18.6. The van der Waals surface area contributed by atoms with Crippen molar-refractivity contribution in [2.24, 2.45) is 0 Å². The molecule has 1 atom stereocenters. The Morgan fingerprint density at radius 2 is 0.857 bits per heavy atom. The zero-order valence-electron chi connectivity index (χ0n) is 34.8. The van der Waals surface area contributed by atoms with Gasteiger partial charge in [-0.05, 0) is 152 Å². The first kappa shape index (κ1) is 36.5. The third-order valence-electron chi connectivity index (χ3n) is 13.8. The van der Waals surface area contributed by atoms with Crippen LogP contribution in [-0.4, -0.2) is 0 Å². The summed E-state index contributed by atoms with van der Waals surface area (Å²) in [5.74, 6) is 0. The monoisotopic (exact) mass is 818 g/mol. The first-order valence-corrected chi connectivity index (χ1v) is 23.2. The third kappa shape index (κ3) is 5.99. The molecule has 11 aromatic carbocycles. The minimum atomic E-state index is 0.291. The summed E-state index contributed by atoms with van der Waals surface area (Å²) in [4.78, 5) is 1.38. The molecule has 0 saturated carbocycles. The highest BCUT2D eigenvalue weighted by atomic mass is 32.2. The van der Waals surface area contributed by atoms with Crippen molar-refractivity contribution < 1.29 is 0 Å². The second kappa shape index (κ2) is 14.7. The topological polar surface area (TPSA) is 0 Å². The van der Waals surface area contributed by atoms with E-state index in [0.29, 0.717) is 5.25 Å². The summed E-state index contributed by atoms with van der Waals surface area (Å²) in [6, 6.07) is 75.1. The summed E-state index contributed by atoms with van der Waals surface area (Å²) >= 11 is 2.04. The van der Waals surface area contributed by atoms with Gasteiger partial charge in [0, 0.05) is 15.7 Å². The van der Waals surface area contributed by atoms with Gasteiger partial charge in [0.25, 0.3) is 0 Å². The number of hydrogen-bond donors (Lipinski definition) is 0. The van der Waals surface area contributed by atoms with E-state index in [1.165, 1.54) is 125 Å². The van der Waals surface area contributed by atoms with Crippen LogP contribution in [0.1, 0.15) is 45.9 Å². The molecule has 1 heteroatoms. The van der Waals surface area contributed by atoms with Crippen molar-refractivity contribution >= 4 is 93.0 Å². The fraction of sp³-hybridized carbons (Fsp3) is 0.0645. The fourth-order valence-electron chi connectivity index (χ4n) is 10.9. The molecule has 0 spiro atoms. The highest BCUT2D eigenvalue weighted by Crippen LogP contribution is 2.54. The SMILES string of the molecule is C1=C(c2c3ccccc3c(C3=CCC(c4ccc5c(-c6ccc7ccccc7c6)c6ccccc6c(-c6ccc7ccccc7c6)c5c4)S3)c3ccccc23)CCc2ccccc21. The Morgan fingerprint density at radius 1 is 0.365 bits per heavy atom. The van der Waals surface area contributed by atoms with Crippen molar-refractivity contribution in [1.29, 1.82) is 0 Å². The van der Waals surface area contributed by atoms with Gasteiger partial charge in [-0.1, -0.05) is 194 Å². The van der Waals surface area contributed by atoms with Crippen molar-refractivity contribution in [3.63, 3.8) is 0 Å². The molecule has 0 nitrogen and oxygen atoms in total. The first-order valence-electron chi connectivity index (χ1n) is 22.3. The Bertz CT molecular complexity index is 3690.